The molecule has 2 fully saturated rings. The van der Waals surface area contributed by atoms with Crippen LogP contribution in [0.25, 0.3) is 0 Å². The van der Waals surface area contributed by atoms with Crippen molar-refractivity contribution in [2.75, 3.05) is 7.11 Å². The van der Waals surface area contributed by atoms with Gasteiger partial charge in [-0.1, -0.05) is 12.1 Å². The standard InChI is InChI=1S/C15H20N2O2/c1-19-12-6-4-11(5-7-12)13(10-2-3-10)17-14(18)15(16)8-9-15/h4-7,10,13H,2-3,8-9,16H2,1H3,(H,17,18). The maximum absolute atomic E-state index is 12.1. The second kappa shape index (κ2) is 4.53. The van der Waals surface area contributed by atoms with E-state index in [-0.39, 0.29) is 11.9 Å². The van der Waals surface area contributed by atoms with E-state index in [1.165, 1.54) is 12.8 Å². The molecule has 102 valence electrons. The lowest BCUT2D eigenvalue weighted by Gasteiger charge is -2.21. The molecule has 0 heterocycles. The Morgan fingerprint density at radius 3 is 2.47 bits per heavy atom. The predicted molar refractivity (Wildman–Crippen MR) is 72.8 cm³/mol. The van der Waals surface area contributed by atoms with Crippen molar-refractivity contribution >= 4 is 5.91 Å². The highest BCUT2D eigenvalue weighted by Crippen LogP contribution is 2.42. The summed E-state index contributed by atoms with van der Waals surface area (Å²) in [5.41, 5.74) is 6.49. The monoisotopic (exact) mass is 260 g/mol. The first-order valence-corrected chi connectivity index (χ1v) is 6.86. The van der Waals surface area contributed by atoms with Gasteiger partial charge in [0, 0.05) is 0 Å². The van der Waals surface area contributed by atoms with Crippen LogP contribution in [0, 0.1) is 5.92 Å². The number of hydrogen-bond donors (Lipinski definition) is 2. The summed E-state index contributed by atoms with van der Waals surface area (Å²) in [6.07, 6.45) is 3.96. The summed E-state index contributed by atoms with van der Waals surface area (Å²) in [7, 11) is 1.65. The molecule has 3 rings (SSSR count). The molecular weight excluding hydrogens is 240 g/mol. The van der Waals surface area contributed by atoms with Crippen LogP contribution in [0.1, 0.15) is 37.3 Å². The number of carbonyl (C=O) groups is 1. The Morgan fingerprint density at radius 2 is 2.00 bits per heavy atom. The van der Waals surface area contributed by atoms with Crippen LogP contribution in [-0.2, 0) is 4.79 Å². The number of amides is 1. The molecule has 1 unspecified atom stereocenters. The second-order valence-electron chi connectivity index (χ2n) is 5.72. The molecule has 4 nitrogen and oxygen atoms in total. The molecule has 0 saturated heterocycles. The fraction of sp³-hybridized carbons (Fsp3) is 0.533. The fourth-order valence-electron chi connectivity index (χ4n) is 2.36. The topological polar surface area (TPSA) is 64.3 Å². The van der Waals surface area contributed by atoms with Crippen molar-refractivity contribution in [2.24, 2.45) is 11.7 Å². The lowest BCUT2D eigenvalue weighted by atomic mass is 10.0. The summed E-state index contributed by atoms with van der Waals surface area (Å²) in [5.74, 6) is 1.39. The van der Waals surface area contributed by atoms with Gasteiger partial charge >= 0.3 is 0 Å². The highest BCUT2D eigenvalue weighted by Gasteiger charge is 2.47. The summed E-state index contributed by atoms with van der Waals surface area (Å²) in [6, 6.07) is 8.02. The molecule has 2 aliphatic rings. The molecule has 0 aromatic heterocycles. The molecule has 2 aliphatic carbocycles. The van der Waals surface area contributed by atoms with Gasteiger partial charge < -0.3 is 15.8 Å². The summed E-state index contributed by atoms with van der Waals surface area (Å²) in [4.78, 5) is 12.1. The zero-order valence-corrected chi connectivity index (χ0v) is 11.2. The van der Waals surface area contributed by atoms with Gasteiger partial charge in [0.1, 0.15) is 5.75 Å². The molecule has 4 heteroatoms. The SMILES string of the molecule is COc1ccc(C(NC(=O)C2(N)CC2)C2CC2)cc1. The largest absolute Gasteiger partial charge is 0.497 e. The minimum absolute atomic E-state index is 0.000202. The van der Waals surface area contributed by atoms with Crippen LogP contribution in [0.3, 0.4) is 0 Å². The van der Waals surface area contributed by atoms with Gasteiger partial charge in [0.2, 0.25) is 5.91 Å². The van der Waals surface area contributed by atoms with E-state index in [0.29, 0.717) is 5.92 Å². The smallest absolute Gasteiger partial charge is 0.240 e. The average Bonchev–Trinajstić information content (AvgIpc) is 3.32. The van der Waals surface area contributed by atoms with Gasteiger partial charge in [-0.05, 0) is 49.3 Å². The first-order valence-electron chi connectivity index (χ1n) is 6.86. The van der Waals surface area contributed by atoms with Crippen LogP contribution < -0.4 is 15.8 Å². The Morgan fingerprint density at radius 1 is 1.37 bits per heavy atom. The predicted octanol–water partition coefficient (Wildman–Crippen LogP) is 1.75. The maximum Gasteiger partial charge on any atom is 0.240 e. The highest BCUT2D eigenvalue weighted by molar-refractivity contribution is 5.89. The number of benzene rings is 1. The minimum Gasteiger partial charge on any atom is -0.497 e. The quantitative estimate of drug-likeness (QED) is 0.847. The minimum atomic E-state index is -0.598. The van der Waals surface area contributed by atoms with Crippen molar-refractivity contribution in [1.29, 1.82) is 0 Å². The summed E-state index contributed by atoms with van der Waals surface area (Å²) >= 11 is 0. The molecule has 1 aromatic rings. The first-order chi connectivity index (χ1) is 9.12. The van der Waals surface area contributed by atoms with Gasteiger partial charge in [0.15, 0.2) is 0 Å². The molecule has 2 saturated carbocycles. The third kappa shape index (κ3) is 2.59. The fourth-order valence-corrected chi connectivity index (χ4v) is 2.36. The van der Waals surface area contributed by atoms with E-state index in [2.05, 4.69) is 5.32 Å². The summed E-state index contributed by atoms with van der Waals surface area (Å²) in [6.45, 7) is 0. The lowest BCUT2D eigenvalue weighted by molar-refractivity contribution is -0.124. The normalized spacial score (nSPS) is 21.6. The van der Waals surface area contributed by atoms with E-state index in [9.17, 15) is 4.79 Å². The Labute approximate surface area is 113 Å². The lowest BCUT2D eigenvalue weighted by Crippen LogP contribution is -2.44. The Hall–Kier alpha value is -1.55. The van der Waals surface area contributed by atoms with Crippen molar-refractivity contribution in [3.05, 3.63) is 29.8 Å². The molecule has 0 bridgehead atoms. The van der Waals surface area contributed by atoms with Gasteiger partial charge in [0.25, 0.3) is 0 Å². The van der Waals surface area contributed by atoms with Crippen LogP contribution in [0.4, 0.5) is 0 Å². The first kappa shape index (κ1) is 12.5. The third-order valence-corrected chi connectivity index (χ3v) is 4.10. The van der Waals surface area contributed by atoms with Crippen LogP contribution >= 0.6 is 0 Å². The number of methoxy groups -OCH3 is 1. The molecule has 0 radical (unpaired) electrons. The number of hydrogen-bond acceptors (Lipinski definition) is 3. The molecule has 1 aromatic carbocycles. The van der Waals surface area contributed by atoms with Gasteiger partial charge in [-0.2, -0.15) is 0 Å². The maximum atomic E-state index is 12.1. The molecule has 1 atom stereocenters. The van der Waals surface area contributed by atoms with Crippen molar-refractivity contribution in [3.63, 3.8) is 0 Å². The molecule has 0 aliphatic heterocycles. The van der Waals surface area contributed by atoms with Gasteiger partial charge in [-0.3, -0.25) is 4.79 Å². The number of nitrogens with two attached hydrogens (primary N) is 1. The summed E-state index contributed by atoms with van der Waals surface area (Å²) < 4.78 is 5.16. The van der Waals surface area contributed by atoms with Crippen LogP contribution in [0.5, 0.6) is 5.75 Å². The van der Waals surface area contributed by atoms with E-state index in [4.69, 9.17) is 10.5 Å². The van der Waals surface area contributed by atoms with Gasteiger partial charge in [-0.15, -0.1) is 0 Å². The molecular formula is C15H20N2O2. The average molecular weight is 260 g/mol. The van der Waals surface area contributed by atoms with Crippen molar-refractivity contribution in [1.82, 2.24) is 5.32 Å². The Kier molecular flexibility index (Phi) is 2.97. The number of carbonyl (C=O) groups excluding carboxylic acids is 1. The van der Waals surface area contributed by atoms with Crippen molar-refractivity contribution in [2.45, 2.75) is 37.3 Å². The van der Waals surface area contributed by atoms with Gasteiger partial charge in [0.05, 0.1) is 18.7 Å². The Bertz CT molecular complexity index is 475. The van der Waals surface area contributed by atoms with E-state index in [0.717, 1.165) is 24.2 Å². The second-order valence-corrected chi connectivity index (χ2v) is 5.72. The summed E-state index contributed by atoms with van der Waals surface area (Å²) in [5, 5.41) is 3.13. The highest BCUT2D eigenvalue weighted by atomic mass is 16.5. The van der Waals surface area contributed by atoms with E-state index in [1.807, 2.05) is 24.3 Å². The van der Waals surface area contributed by atoms with Crippen molar-refractivity contribution < 1.29 is 9.53 Å². The zero-order valence-electron chi connectivity index (χ0n) is 11.2. The van der Waals surface area contributed by atoms with E-state index < -0.39 is 5.54 Å². The van der Waals surface area contributed by atoms with Crippen LogP contribution in [0.15, 0.2) is 24.3 Å². The molecule has 19 heavy (non-hydrogen) atoms. The van der Waals surface area contributed by atoms with E-state index in [1.54, 1.807) is 7.11 Å². The third-order valence-electron chi connectivity index (χ3n) is 4.10. The molecule has 1 amide bonds. The number of nitrogens with one attached hydrogen (secondary N) is 1. The molecule has 0 spiro atoms. The van der Waals surface area contributed by atoms with E-state index >= 15 is 0 Å². The Balaban J connectivity index is 1.74. The van der Waals surface area contributed by atoms with Crippen molar-refractivity contribution in [3.8, 4) is 5.75 Å². The van der Waals surface area contributed by atoms with Crippen LogP contribution in [-0.4, -0.2) is 18.6 Å². The van der Waals surface area contributed by atoms with Crippen LogP contribution in [0.2, 0.25) is 0 Å². The number of ether oxygens (including phenoxy) is 1. The van der Waals surface area contributed by atoms with Gasteiger partial charge in [-0.25, -0.2) is 0 Å². The number of rotatable bonds is 5. The zero-order chi connectivity index (χ0) is 13.5. The molecule has 3 N–H and O–H groups in total.